The average Bonchev–Trinajstić information content (AvgIpc) is 3.19. The van der Waals surface area contributed by atoms with E-state index in [4.69, 9.17) is 14.1 Å². The van der Waals surface area contributed by atoms with Crippen LogP contribution in [0, 0.1) is 18.3 Å². The fourth-order valence-corrected chi connectivity index (χ4v) is 2.58. The van der Waals surface area contributed by atoms with Crippen molar-refractivity contribution < 1.29 is 13.2 Å². The Hall–Kier alpha value is -2.40. The van der Waals surface area contributed by atoms with Gasteiger partial charge in [0.25, 0.3) is 0 Å². The van der Waals surface area contributed by atoms with E-state index in [9.17, 15) is 4.39 Å². The highest BCUT2D eigenvalue weighted by Gasteiger charge is 2.34. The number of nitrogens with one attached hydrogen (secondary N) is 1. The van der Waals surface area contributed by atoms with Gasteiger partial charge in [0, 0.05) is 25.9 Å². The van der Waals surface area contributed by atoms with Gasteiger partial charge in [0.2, 0.25) is 11.7 Å². The molecule has 3 rings (SSSR count). The molecule has 8 heteroatoms. The lowest BCUT2D eigenvalue weighted by atomic mass is 10.2. The molecule has 1 aliphatic heterocycles. The van der Waals surface area contributed by atoms with Crippen molar-refractivity contribution in [3.8, 4) is 6.07 Å². The minimum atomic E-state index is -0.909. The first-order valence-electron chi connectivity index (χ1n) is 7.06. The molecule has 1 N–H and O–H groups in total. The Labute approximate surface area is 126 Å². The Morgan fingerprint density at radius 3 is 3.00 bits per heavy atom. The number of hydrogen-bond acceptors (Lipinski definition) is 7. The standard InChI is InChI=1S/C14H16FN5O2/c1-9-18-19-14(21-9)20-8-10(15)4-11(20)6-17-7-13-3-2-12(5-16)22-13/h2-3,10-11,17H,4,6-8H2,1H3/t10-,11-/m0/s1. The third-order valence-electron chi connectivity index (χ3n) is 3.58. The Balaban J connectivity index is 1.57. The average molecular weight is 305 g/mol. The summed E-state index contributed by atoms with van der Waals surface area (Å²) in [6.07, 6.45) is -0.497. The maximum Gasteiger partial charge on any atom is 0.318 e. The number of nitrogens with zero attached hydrogens (tertiary/aromatic N) is 4. The Morgan fingerprint density at radius 1 is 1.45 bits per heavy atom. The molecule has 116 valence electrons. The van der Waals surface area contributed by atoms with Crippen molar-refractivity contribution in [1.29, 1.82) is 5.26 Å². The molecule has 1 aliphatic rings. The molecule has 0 aromatic carbocycles. The fraction of sp³-hybridized carbons (Fsp3) is 0.500. The van der Waals surface area contributed by atoms with Crippen molar-refractivity contribution in [2.45, 2.75) is 32.1 Å². The maximum atomic E-state index is 13.7. The van der Waals surface area contributed by atoms with Gasteiger partial charge in [-0.2, -0.15) is 5.26 Å². The van der Waals surface area contributed by atoms with Gasteiger partial charge in [0.05, 0.1) is 13.1 Å². The first-order valence-corrected chi connectivity index (χ1v) is 7.06. The molecule has 7 nitrogen and oxygen atoms in total. The zero-order valence-corrected chi connectivity index (χ0v) is 12.1. The second-order valence-corrected chi connectivity index (χ2v) is 5.25. The van der Waals surface area contributed by atoms with E-state index in [1.54, 1.807) is 24.0 Å². The molecular formula is C14H16FN5O2. The molecule has 0 unspecified atom stereocenters. The number of nitriles is 1. The smallest absolute Gasteiger partial charge is 0.318 e. The summed E-state index contributed by atoms with van der Waals surface area (Å²) in [5, 5.41) is 19.6. The van der Waals surface area contributed by atoms with E-state index in [1.807, 2.05) is 6.07 Å². The molecule has 22 heavy (non-hydrogen) atoms. The van der Waals surface area contributed by atoms with E-state index in [0.717, 1.165) is 0 Å². The monoisotopic (exact) mass is 305 g/mol. The van der Waals surface area contributed by atoms with Crippen molar-refractivity contribution in [2.75, 3.05) is 18.0 Å². The van der Waals surface area contributed by atoms with Crippen LogP contribution >= 0.6 is 0 Å². The predicted octanol–water partition coefficient (Wildman–Crippen LogP) is 1.55. The van der Waals surface area contributed by atoms with Gasteiger partial charge in [-0.05, 0) is 12.1 Å². The number of alkyl halides is 1. The van der Waals surface area contributed by atoms with Crippen LogP contribution < -0.4 is 10.2 Å². The van der Waals surface area contributed by atoms with E-state index < -0.39 is 6.17 Å². The summed E-state index contributed by atoms with van der Waals surface area (Å²) in [5.41, 5.74) is 0. The summed E-state index contributed by atoms with van der Waals surface area (Å²) >= 11 is 0. The van der Waals surface area contributed by atoms with Crippen molar-refractivity contribution in [2.24, 2.45) is 0 Å². The summed E-state index contributed by atoms with van der Waals surface area (Å²) < 4.78 is 24.4. The molecule has 0 saturated carbocycles. The molecule has 0 amide bonds. The third kappa shape index (κ3) is 3.09. The minimum absolute atomic E-state index is 0.0553. The maximum absolute atomic E-state index is 13.7. The molecule has 1 fully saturated rings. The highest BCUT2D eigenvalue weighted by atomic mass is 19.1. The number of rotatable bonds is 5. The van der Waals surface area contributed by atoms with Crippen molar-refractivity contribution in [3.05, 3.63) is 29.5 Å². The zero-order valence-electron chi connectivity index (χ0n) is 12.1. The summed E-state index contributed by atoms with van der Waals surface area (Å²) in [7, 11) is 0. The van der Waals surface area contributed by atoms with Gasteiger partial charge in [0.15, 0.2) is 0 Å². The Morgan fingerprint density at radius 2 is 2.32 bits per heavy atom. The van der Waals surface area contributed by atoms with Crippen LogP contribution in [0.15, 0.2) is 21.0 Å². The lowest BCUT2D eigenvalue weighted by Gasteiger charge is -2.21. The predicted molar refractivity (Wildman–Crippen MR) is 74.8 cm³/mol. The Kier molecular flexibility index (Phi) is 4.06. The second kappa shape index (κ2) is 6.15. The molecule has 0 spiro atoms. The van der Waals surface area contributed by atoms with Crippen molar-refractivity contribution >= 4 is 6.01 Å². The van der Waals surface area contributed by atoms with Gasteiger partial charge in [-0.1, -0.05) is 5.10 Å². The van der Waals surface area contributed by atoms with Crippen LogP contribution in [0.5, 0.6) is 0 Å². The molecule has 2 atom stereocenters. The SMILES string of the molecule is Cc1nnc(N2C[C@@H](F)C[C@H]2CNCc2ccc(C#N)o2)o1. The van der Waals surface area contributed by atoms with E-state index in [2.05, 4.69) is 15.5 Å². The third-order valence-corrected chi connectivity index (χ3v) is 3.58. The number of halogens is 1. The normalized spacial score (nSPS) is 21.2. The van der Waals surface area contributed by atoms with Crippen molar-refractivity contribution in [1.82, 2.24) is 15.5 Å². The van der Waals surface area contributed by atoms with Gasteiger partial charge >= 0.3 is 6.01 Å². The number of furan rings is 1. The van der Waals surface area contributed by atoms with Gasteiger partial charge in [0.1, 0.15) is 18.0 Å². The number of hydrogen-bond donors (Lipinski definition) is 1. The molecule has 2 aromatic rings. The van der Waals surface area contributed by atoms with Gasteiger partial charge in [-0.3, -0.25) is 0 Å². The first-order chi connectivity index (χ1) is 10.7. The highest BCUT2D eigenvalue weighted by molar-refractivity contribution is 5.30. The van der Waals surface area contributed by atoms with Gasteiger partial charge in [-0.15, -0.1) is 5.10 Å². The fourth-order valence-electron chi connectivity index (χ4n) is 2.58. The van der Waals surface area contributed by atoms with Gasteiger partial charge < -0.3 is 19.1 Å². The van der Waals surface area contributed by atoms with Gasteiger partial charge in [-0.25, -0.2) is 4.39 Å². The molecule has 0 aliphatic carbocycles. The van der Waals surface area contributed by atoms with Crippen LogP contribution in [-0.4, -0.2) is 35.5 Å². The van der Waals surface area contributed by atoms with E-state index >= 15 is 0 Å². The summed E-state index contributed by atoms with van der Waals surface area (Å²) in [6, 6.07) is 5.61. The summed E-state index contributed by atoms with van der Waals surface area (Å²) in [4.78, 5) is 1.79. The molecule has 1 saturated heterocycles. The zero-order chi connectivity index (χ0) is 15.5. The van der Waals surface area contributed by atoms with E-state index in [-0.39, 0.29) is 18.3 Å². The first kappa shape index (κ1) is 14.5. The summed E-state index contributed by atoms with van der Waals surface area (Å²) in [6.45, 7) is 3.00. The molecular weight excluding hydrogens is 289 g/mol. The molecule has 0 radical (unpaired) electrons. The van der Waals surface area contributed by atoms with E-state index in [1.165, 1.54) is 0 Å². The number of aromatic nitrogens is 2. The van der Waals surface area contributed by atoms with Crippen LogP contribution in [0.3, 0.4) is 0 Å². The topological polar surface area (TPSA) is 91.1 Å². The second-order valence-electron chi connectivity index (χ2n) is 5.25. The van der Waals surface area contributed by atoms with Crippen molar-refractivity contribution in [3.63, 3.8) is 0 Å². The van der Waals surface area contributed by atoms with E-state index in [0.29, 0.717) is 37.2 Å². The van der Waals surface area contributed by atoms with Crippen LogP contribution in [0.1, 0.15) is 23.8 Å². The number of anilines is 1. The summed E-state index contributed by atoms with van der Waals surface area (Å²) in [5.74, 6) is 1.42. The quantitative estimate of drug-likeness (QED) is 0.896. The number of aryl methyl sites for hydroxylation is 1. The lowest BCUT2D eigenvalue weighted by molar-refractivity contribution is 0.353. The molecule has 2 aromatic heterocycles. The van der Waals surface area contributed by atoms with Crippen LogP contribution in [0.2, 0.25) is 0 Å². The Bertz CT molecular complexity index is 677. The highest BCUT2D eigenvalue weighted by Crippen LogP contribution is 2.25. The van der Waals surface area contributed by atoms with Crippen LogP contribution in [-0.2, 0) is 6.54 Å². The molecule has 3 heterocycles. The largest absolute Gasteiger partial charge is 0.449 e. The van der Waals surface area contributed by atoms with Crippen LogP contribution in [0.4, 0.5) is 10.4 Å². The minimum Gasteiger partial charge on any atom is -0.449 e. The lowest BCUT2D eigenvalue weighted by Crippen LogP contribution is -2.38. The molecule has 0 bridgehead atoms. The van der Waals surface area contributed by atoms with Crippen LogP contribution in [0.25, 0.3) is 0 Å².